The number of phenols is 1. The molecule has 3 aromatic carbocycles. The van der Waals surface area contributed by atoms with Crippen LogP contribution in [0.3, 0.4) is 0 Å². The van der Waals surface area contributed by atoms with Crippen LogP contribution in [0.15, 0.2) is 78.9 Å². The van der Waals surface area contributed by atoms with Crippen LogP contribution in [0.1, 0.15) is 16.7 Å². The van der Waals surface area contributed by atoms with Crippen LogP contribution >= 0.6 is 0 Å². The summed E-state index contributed by atoms with van der Waals surface area (Å²) in [5.74, 6) is 1.01. The molecule has 0 aliphatic heterocycles. The summed E-state index contributed by atoms with van der Waals surface area (Å²) in [6.45, 7) is 1.23. The number of hydrogen-bond acceptors (Lipinski definition) is 3. The van der Waals surface area contributed by atoms with Gasteiger partial charge in [0, 0.05) is 19.2 Å². The van der Waals surface area contributed by atoms with Gasteiger partial charge in [0.2, 0.25) is 0 Å². The van der Waals surface area contributed by atoms with Gasteiger partial charge in [-0.15, -0.1) is 0 Å². The highest BCUT2D eigenvalue weighted by atomic mass is 16.5. The number of carbonyl (C=O) groups excluding carboxylic acids is 1. The van der Waals surface area contributed by atoms with Crippen molar-refractivity contribution < 1.29 is 14.6 Å². The summed E-state index contributed by atoms with van der Waals surface area (Å²) in [6.07, 6.45) is 0. The Labute approximate surface area is 165 Å². The van der Waals surface area contributed by atoms with Crippen LogP contribution in [0.25, 0.3) is 0 Å². The molecule has 5 nitrogen and oxygen atoms in total. The Morgan fingerprint density at radius 2 is 1.68 bits per heavy atom. The third-order valence-electron chi connectivity index (χ3n) is 4.33. The second kappa shape index (κ2) is 9.46. The molecule has 0 aliphatic carbocycles. The van der Waals surface area contributed by atoms with E-state index in [9.17, 15) is 9.90 Å². The molecule has 144 valence electrons. The van der Waals surface area contributed by atoms with E-state index in [1.807, 2.05) is 60.7 Å². The highest BCUT2D eigenvalue weighted by Gasteiger charge is 2.11. The van der Waals surface area contributed by atoms with Gasteiger partial charge >= 0.3 is 6.03 Å². The van der Waals surface area contributed by atoms with Gasteiger partial charge in [-0.05, 0) is 29.3 Å². The van der Waals surface area contributed by atoms with Crippen molar-refractivity contribution in [3.8, 4) is 11.5 Å². The largest absolute Gasteiger partial charge is 0.508 e. The molecule has 2 N–H and O–H groups in total. The number of rotatable bonds is 7. The summed E-state index contributed by atoms with van der Waals surface area (Å²) in [6, 6.07) is 24.4. The van der Waals surface area contributed by atoms with Crippen molar-refractivity contribution in [3.05, 3.63) is 95.6 Å². The third-order valence-corrected chi connectivity index (χ3v) is 4.33. The standard InChI is InChI=1S/C23H24N2O3/c1-25(16-20-10-5-6-13-22(20)26)23(27)24-15-18-8-7-9-19(14-18)17-28-21-11-3-2-4-12-21/h2-14,26H,15-17H2,1H3,(H,24,27). The molecule has 0 aliphatic rings. The van der Waals surface area contributed by atoms with Crippen molar-refractivity contribution >= 4 is 6.03 Å². The molecule has 0 aromatic heterocycles. The Balaban J connectivity index is 1.51. The minimum absolute atomic E-state index is 0.188. The zero-order valence-electron chi connectivity index (χ0n) is 15.8. The molecule has 0 heterocycles. The molecule has 0 saturated carbocycles. The second-order valence-electron chi connectivity index (χ2n) is 6.57. The maximum absolute atomic E-state index is 12.3. The number of carbonyl (C=O) groups is 1. The molecule has 5 heteroatoms. The Hall–Kier alpha value is -3.47. The number of benzene rings is 3. The minimum Gasteiger partial charge on any atom is -0.508 e. The molecule has 0 unspecified atom stereocenters. The molecule has 0 fully saturated rings. The first-order chi connectivity index (χ1) is 13.6. The Morgan fingerprint density at radius 3 is 2.46 bits per heavy atom. The molecule has 3 aromatic rings. The Bertz CT molecular complexity index is 912. The lowest BCUT2D eigenvalue weighted by molar-refractivity contribution is 0.206. The van der Waals surface area contributed by atoms with E-state index in [0.717, 1.165) is 16.9 Å². The van der Waals surface area contributed by atoms with Gasteiger partial charge in [0.1, 0.15) is 18.1 Å². The quantitative estimate of drug-likeness (QED) is 0.646. The lowest BCUT2D eigenvalue weighted by Gasteiger charge is -2.19. The predicted molar refractivity (Wildman–Crippen MR) is 109 cm³/mol. The van der Waals surface area contributed by atoms with Crippen molar-refractivity contribution in [2.24, 2.45) is 0 Å². The normalized spacial score (nSPS) is 10.3. The van der Waals surface area contributed by atoms with E-state index >= 15 is 0 Å². The van der Waals surface area contributed by atoms with Crippen LogP contribution < -0.4 is 10.1 Å². The number of amides is 2. The molecule has 3 rings (SSSR count). The molecule has 0 atom stereocenters. The van der Waals surface area contributed by atoms with Crippen LogP contribution in [0.2, 0.25) is 0 Å². The van der Waals surface area contributed by atoms with Gasteiger partial charge in [0.15, 0.2) is 0 Å². The maximum atomic E-state index is 12.3. The van der Waals surface area contributed by atoms with Gasteiger partial charge in [0.25, 0.3) is 0 Å². The topological polar surface area (TPSA) is 61.8 Å². The van der Waals surface area contributed by atoms with E-state index in [-0.39, 0.29) is 11.8 Å². The van der Waals surface area contributed by atoms with Crippen LogP contribution in [-0.2, 0) is 19.7 Å². The Morgan fingerprint density at radius 1 is 0.964 bits per heavy atom. The molecular formula is C23H24N2O3. The number of phenolic OH excluding ortho intramolecular Hbond substituents is 1. The van der Waals surface area contributed by atoms with Crippen LogP contribution in [0, 0.1) is 0 Å². The van der Waals surface area contributed by atoms with E-state index in [1.54, 1.807) is 25.2 Å². The van der Waals surface area contributed by atoms with Crippen molar-refractivity contribution in [3.63, 3.8) is 0 Å². The lowest BCUT2D eigenvalue weighted by Crippen LogP contribution is -2.36. The SMILES string of the molecule is CN(Cc1ccccc1O)C(=O)NCc1cccc(COc2ccccc2)c1. The third kappa shape index (κ3) is 5.51. The summed E-state index contributed by atoms with van der Waals surface area (Å²) >= 11 is 0. The van der Waals surface area contributed by atoms with E-state index in [0.29, 0.717) is 25.3 Å². The van der Waals surface area contributed by atoms with E-state index in [2.05, 4.69) is 5.32 Å². The molecule has 0 bridgehead atoms. The van der Waals surface area contributed by atoms with E-state index in [1.165, 1.54) is 4.90 Å². The number of nitrogens with one attached hydrogen (secondary N) is 1. The van der Waals surface area contributed by atoms with Gasteiger partial charge < -0.3 is 20.1 Å². The molecule has 2 amide bonds. The molecule has 0 spiro atoms. The van der Waals surface area contributed by atoms with Gasteiger partial charge in [-0.25, -0.2) is 4.79 Å². The second-order valence-corrected chi connectivity index (χ2v) is 6.57. The average molecular weight is 376 g/mol. The summed E-state index contributed by atoms with van der Waals surface area (Å²) in [5, 5.41) is 12.7. The van der Waals surface area contributed by atoms with Gasteiger partial charge in [-0.3, -0.25) is 0 Å². The first kappa shape index (κ1) is 19.3. The van der Waals surface area contributed by atoms with Gasteiger partial charge in [0.05, 0.1) is 6.54 Å². The number of nitrogens with zero attached hydrogens (tertiary/aromatic N) is 1. The monoisotopic (exact) mass is 376 g/mol. The fourth-order valence-electron chi connectivity index (χ4n) is 2.80. The predicted octanol–water partition coefficient (Wildman–Crippen LogP) is 4.31. The van der Waals surface area contributed by atoms with Crippen molar-refractivity contribution in [1.82, 2.24) is 10.2 Å². The van der Waals surface area contributed by atoms with Crippen molar-refractivity contribution in [2.75, 3.05) is 7.05 Å². The fourth-order valence-corrected chi connectivity index (χ4v) is 2.80. The Kier molecular flexibility index (Phi) is 6.52. The number of hydrogen-bond donors (Lipinski definition) is 2. The van der Waals surface area contributed by atoms with E-state index < -0.39 is 0 Å². The minimum atomic E-state index is -0.200. The average Bonchev–Trinajstić information content (AvgIpc) is 2.73. The van der Waals surface area contributed by atoms with Crippen LogP contribution in [0.4, 0.5) is 4.79 Å². The van der Waals surface area contributed by atoms with Gasteiger partial charge in [-0.1, -0.05) is 60.7 Å². The summed E-state index contributed by atoms with van der Waals surface area (Å²) in [5.41, 5.74) is 2.75. The van der Waals surface area contributed by atoms with Gasteiger partial charge in [-0.2, -0.15) is 0 Å². The molecular weight excluding hydrogens is 352 g/mol. The summed E-state index contributed by atoms with van der Waals surface area (Å²) in [7, 11) is 1.70. The molecule has 0 radical (unpaired) electrons. The summed E-state index contributed by atoms with van der Waals surface area (Å²) < 4.78 is 5.77. The lowest BCUT2D eigenvalue weighted by atomic mass is 10.1. The molecule has 28 heavy (non-hydrogen) atoms. The number of aromatic hydroxyl groups is 1. The highest BCUT2D eigenvalue weighted by molar-refractivity contribution is 5.73. The maximum Gasteiger partial charge on any atom is 0.317 e. The van der Waals surface area contributed by atoms with Crippen LogP contribution in [0.5, 0.6) is 11.5 Å². The first-order valence-corrected chi connectivity index (χ1v) is 9.13. The van der Waals surface area contributed by atoms with E-state index in [4.69, 9.17) is 4.74 Å². The number of ether oxygens (including phenoxy) is 1. The van der Waals surface area contributed by atoms with Crippen molar-refractivity contribution in [2.45, 2.75) is 19.7 Å². The molecule has 0 saturated heterocycles. The smallest absolute Gasteiger partial charge is 0.317 e. The number of para-hydroxylation sites is 2. The van der Waals surface area contributed by atoms with Crippen molar-refractivity contribution in [1.29, 1.82) is 0 Å². The first-order valence-electron chi connectivity index (χ1n) is 9.13. The zero-order valence-corrected chi connectivity index (χ0v) is 15.8. The number of urea groups is 1. The fraction of sp³-hybridized carbons (Fsp3) is 0.174. The highest BCUT2D eigenvalue weighted by Crippen LogP contribution is 2.17. The van der Waals surface area contributed by atoms with Crippen LogP contribution in [-0.4, -0.2) is 23.1 Å². The zero-order chi connectivity index (χ0) is 19.8. The summed E-state index contributed by atoms with van der Waals surface area (Å²) in [4.78, 5) is 13.9.